The quantitative estimate of drug-likeness (QED) is 0.208. The minimum atomic E-state index is -1.13. The van der Waals surface area contributed by atoms with Crippen LogP contribution in [0, 0.1) is 5.41 Å². The van der Waals surface area contributed by atoms with E-state index in [1.54, 1.807) is 6.92 Å². The van der Waals surface area contributed by atoms with Crippen LogP contribution in [0.2, 0.25) is 0 Å². The zero-order valence-corrected chi connectivity index (χ0v) is 22.4. The fraction of sp³-hybridized carbons (Fsp3) is 0.448. The van der Waals surface area contributed by atoms with Crippen molar-refractivity contribution >= 4 is 24.2 Å². The van der Waals surface area contributed by atoms with Crippen LogP contribution in [0.1, 0.15) is 52.0 Å². The first kappa shape index (κ1) is 30.5. The van der Waals surface area contributed by atoms with Gasteiger partial charge in [0.05, 0.1) is 12.6 Å². The molecule has 9 heteroatoms. The summed E-state index contributed by atoms with van der Waals surface area (Å²) in [6.07, 6.45) is 2.66. The third-order valence-corrected chi connectivity index (χ3v) is 6.43. The van der Waals surface area contributed by atoms with Crippen molar-refractivity contribution in [3.63, 3.8) is 0 Å². The molecule has 0 aliphatic rings. The van der Waals surface area contributed by atoms with Crippen LogP contribution in [0.15, 0.2) is 54.6 Å². The van der Waals surface area contributed by atoms with Gasteiger partial charge in [-0.15, -0.1) is 0 Å². The predicted octanol–water partition coefficient (Wildman–Crippen LogP) is 3.35. The highest BCUT2D eigenvalue weighted by atomic mass is 16.5. The monoisotopic (exact) mass is 525 g/mol. The van der Waals surface area contributed by atoms with Crippen LogP contribution in [0.4, 0.5) is 4.79 Å². The number of amides is 3. The molecule has 2 rings (SSSR count). The first-order chi connectivity index (χ1) is 18.2. The summed E-state index contributed by atoms with van der Waals surface area (Å²) in [5.74, 6) is -0.807. The number of ether oxygens (including phenoxy) is 1. The molecule has 2 aromatic carbocycles. The van der Waals surface area contributed by atoms with E-state index in [9.17, 15) is 24.3 Å². The van der Waals surface area contributed by atoms with Crippen LogP contribution < -0.4 is 16.0 Å². The SMILES string of the molecule is CCCCCC(=O)NC(C=O)C(C)(CO)CNC(=O)[C@H](C)NC(=O)OCc1ccccc1-c1ccccc1. The second-order valence-corrected chi connectivity index (χ2v) is 9.63. The highest BCUT2D eigenvalue weighted by Gasteiger charge is 2.35. The van der Waals surface area contributed by atoms with Gasteiger partial charge in [-0.1, -0.05) is 81.3 Å². The molecule has 0 radical (unpaired) electrons. The fourth-order valence-corrected chi connectivity index (χ4v) is 3.83. The number of aliphatic hydroxyl groups excluding tert-OH is 1. The van der Waals surface area contributed by atoms with Gasteiger partial charge in [0, 0.05) is 18.4 Å². The molecule has 0 saturated carbocycles. The molecule has 0 aliphatic carbocycles. The minimum absolute atomic E-state index is 0.0206. The smallest absolute Gasteiger partial charge is 0.408 e. The summed E-state index contributed by atoms with van der Waals surface area (Å²) < 4.78 is 5.35. The number of rotatable bonds is 15. The third-order valence-electron chi connectivity index (χ3n) is 6.43. The molecule has 0 spiro atoms. The zero-order valence-electron chi connectivity index (χ0n) is 22.4. The van der Waals surface area contributed by atoms with Gasteiger partial charge in [-0.3, -0.25) is 9.59 Å². The van der Waals surface area contributed by atoms with Gasteiger partial charge in [-0.05, 0) is 30.0 Å². The van der Waals surface area contributed by atoms with Crippen molar-refractivity contribution in [2.45, 2.75) is 65.1 Å². The Morgan fingerprint density at radius 3 is 2.37 bits per heavy atom. The molecule has 9 nitrogen and oxygen atoms in total. The summed E-state index contributed by atoms with van der Waals surface area (Å²) in [4.78, 5) is 48.9. The second kappa shape index (κ2) is 15.5. The first-order valence-electron chi connectivity index (χ1n) is 12.9. The Morgan fingerprint density at radius 2 is 1.71 bits per heavy atom. The molecule has 0 heterocycles. The normalized spacial score (nSPS) is 13.9. The summed E-state index contributed by atoms with van der Waals surface area (Å²) in [7, 11) is 0. The lowest BCUT2D eigenvalue weighted by Crippen LogP contribution is -2.56. The lowest BCUT2D eigenvalue weighted by atomic mass is 9.83. The summed E-state index contributed by atoms with van der Waals surface area (Å²) in [6, 6.07) is 15.4. The Labute approximate surface area is 224 Å². The van der Waals surface area contributed by atoms with E-state index in [0.717, 1.165) is 29.5 Å². The molecular formula is C29H39N3O6. The van der Waals surface area contributed by atoms with Crippen LogP contribution in [0.5, 0.6) is 0 Å². The van der Waals surface area contributed by atoms with E-state index >= 15 is 0 Å². The number of carbonyl (C=O) groups excluding carboxylic acids is 4. The highest BCUT2D eigenvalue weighted by molar-refractivity contribution is 5.85. The Hall–Kier alpha value is -3.72. The molecular weight excluding hydrogens is 486 g/mol. The number of hydrogen-bond donors (Lipinski definition) is 4. The third kappa shape index (κ3) is 9.30. The van der Waals surface area contributed by atoms with Gasteiger partial charge in [0.15, 0.2) is 0 Å². The maximum atomic E-state index is 12.6. The van der Waals surface area contributed by atoms with Crippen molar-refractivity contribution in [1.82, 2.24) is 16.0 Å². The summed E-state index contributed by atoms with van der Waals surface area (Å²) in [6.45, 7) is 4.60. The summed E-state index contributed by atoms with van der Waals surface area (Å²) in [5.41, 5.74) is 1.63. The molecule has 4 N–H and O–H groups in total. The standard InChI is InChI=1S/C29H39N3O6/c1-4-5-7-16-26(35)32-25(17-33)29(3,20-34)19-30-27(36)21(2)31-28(37)38-18-23-14-10-11-15-24(23)22-12-8-6-9-13-22/h6,8-15,17,21,25,34H,4-5,7,16,18-20H2,1-3H3,(H,30,36)(H,31,37)(H,32,35)/t21-,25?,29?/m0/s1. The molecule has 2 unspecified atom stereocenters. The number of benzene rings is 2. The van der Waals surface area contributed by atoms with Gasteiger partial charge < -0.3 is 30.6 Å². The molecule has 0 bridgehead atoms. The fourth-order valence-electron chi connectivity index (χ4n) is 3.83. The van der Waals surface area contributed by atoms with E-state index in [2.05, 4.69) is 16.0 Å². The van der Waals surface area contributed by atoms with Gasteiger partial charge in [-0.25, -0.2) is 4.79 Å². The molecule has 2 aromatic rings. The molecule has 3 amide bonds. The maximum absolute atomic E-state index is 12.6. The number of aliphatic hydroxyl groups is 1. The molecule has 0 aromatic heterocycles. The minimum Gasteiger partial charge on any atom is -0.445 e. The number of nitrogens with one attached hydrogen (secondary N) is 3. The predicted molar refractivity (Wildman–Crippen MR) is 145 cm³/mol. The number of hydrogen-bond acceptors (Lipinski definition) is 6. The molecule has 206 valence electrons. The van der Waals surface area contributed by atoms with Crippen molar-refractivity contribution in [2.75, 3.05) is 13.2 Å². The molecule has 0 fully saturated rings. The van der Waals surface area contributed by atoms with Crippen molar-refractivity contribution in [3.05, 3.63) is 60.2 Å². The largest absolute Gasteiger partial charge is 0.445 e. The number of carbonyl (C=O) groups is 4. The van der Waals surface area contributed by atoms with E-state index in [0.29, 0.717) is 12.7 Å². The van der Waals surface area contributed by atoms with E-state index in [1.807, 2.05) is 61.5 Å². The number of aldehydes is 1. The molecule has 38 heavy (non-hydrogen) atoms. The summed E-state index contributed by atoms with van der Waals surface area (Å²) >= 11 is 0. The van der Waals surface area contributed by atoms with E-state index < -0.39 is 36.1 Å². The van der Waals surface area contributed by atoms with Gasteiger partial charge in [0.2, 0.25) is 11.8 Å². The Morgan fingerprint density at radius 1 is 1.03 bits per heavy atom. The average molecular weight is 526 g/mol. The van der Waals surface area contributed by atoms with E-state index in [-0.39, 0.29) is 25.5 Å². The van der Waals surface area contributed by atoms with Crippen LogP contribution in [-0.2, 0) is 25.7 Å². The van der Waals surface area contributed by atoms with Crippen LogP contribution in [-0.4, -0.2) is 54.5 Å². The average Bonchev–Trinajstić information content (AvgIpc) is 2.94. The lowest BCUT2D eigenvalue weighted by molar-refractivity contribution is -0.127. The Balaban J connectivity index is 1.88. The number of alkyl carbamates (subject to hydrolysis) is 1. The van der Waals surface area contributed by atoms with Crippen molar-refractivity contribution in [2.24, 2.45) is 5.41 Å². The summed E-state index contributed by atoms with van der Waals surface area (Å²) in [5, 5.41) is 17.7. The van der Waals surface area contributed by atoms with Gasteiger partial charge >= 0.3 is 6.09 Å². The Kier molecular flexibility index (Phi) is 12.5. The Bertz CT molecular complexity index is 1060. The van der Waals surface area contributed by atoms with Gasteiger partial charge in [-0.2, -0.15) is 0 Å². The first-order valence-corrected chi connectivity index (χ1v) is 12.9. The lowest BCUT2D eigenvalue weighted by Gasteiger charge is -2.33. The maximum Gasteiger partial charge on any atom is 0.408 e. The topological polar surface area (TPSA) is 134 Å². The van der Waals surface area contributed by atoms with E-state index in [4.69, 9.17) is 4.74 Å². The van der Waals surface area contributed by atoms with Crippen LogP contribution in [0.3, 0.4) is 0 Å². The number of unbranched alkanes of at least 4 members (excludes halogenated alkanes) is 2. The molecule has 0 saturated heterocycles. The van der Waals surface area contributed by atoms with Gasteiger partial charge in [0.1, 0.15) is 18.9 Å². The zero-order chi connectivity index (χ0) is 28.0. The second-order valence-electron chi connectivity index (χ2n) is 9.63. The van der Waals surface area contributed by atoms with Crippen molar-refractivity contribution < 1.29 is 29.0 Å². The molecule has 3 atom stereocenters. The van der Waals surface area contributed by atoms with Crippen molar-refractivity contribution in [3.8, 4) is 11.1 Å². The van der Waals surface area contributed by atoms with Crippen LogP contribution >= 0.6 is 0 Å². The van der Waals surface area contributed by atoms with Crippen LogP contribution in [0.25, 0.3) is 11.1 Å². The highest BCUT2D eigenvalue weighted by Crippen LogP contribution is 2.24. The van der Waals surface area contributed by atoms with Crippen molar-refractivity contribution in [1.29, 1.82) is 0 Å². The van der Waals surface area contributed by atoms with E-state index in [1.165, 1.54) is 6.92 Å². The molecule has 0 aliphatic heterocycles. The van der Waals surface area contributed by atoms with Gasteiger partial charge in [0.25, 0.3) is 0 Å².